The number of H-pyrrole nitrogens is 1. The fourth-order valence-corrected chi connectivity index (χ4v) is 1.11. The van der Waals surface area contributed by atoms with E-state index in [1.807, 2.05) is 13.8 Å². The predicted octanol–water partition coefficient (Wildman–Crippen LogP) is 2.50. The molecule has 1 rings (SSSR count). The van der Waals surface area contributed by atoms with Crippen LogP contribution in [0.2, 0.25) is 0 Å². The van der Waals surface area contributed by atoms with Gasteiger partial charge in [0.25, 0.3) is 0 Å². The van der Waals surface area contributed by atoms with Gasteiger partial charge in [-0.3, -0.25) is 5.10 Å². The summed E-state index contributed by atoms with van der Waals surface area (Å²) in [6.07, 6.45) is 3.40. The molecule has 1 aromatic rings. The Morgan fingerprint density at radius 2 is 1.83 bits per heavy atom. The van der Waals surface area contributed by atoms with Gasteiger partial charge < -0.3 is 0 Å². The smallest absolute Gasteiger partial charge is 0.0632 e. The first-order valence-corrected chi connectivity index (χ1v) is 4.20. The number of aromatic nitrogens is 2. The lowest BCUT2D eigenvalue weighted by Crippen LogP contribution is -2.07. The summed E-state index contributed by atoms with van der Waals surface area (Å²) in [5.41, 5.74) is 3.35. The molecular weight excluding hydrogens is 148 g/mol. The summed E-state index contributed by atoms with van der Waals surface area (Å²) >= 11 is 0. The van der Waals surface area contributed by atoms with E-state index < -0.39 is 0 Å². The van der Waals surface area contributed by atoms with Crippen LogP contribution in [0.3, 0.4) is 0 Å². The third kappa shape index (κ3) is 2.10. The molecule has 0 spiro atoms. The fraction of sp³-hybridized carbons (Fsp3) is 0.600. The van der Waals surface area contributed by atoms with E-state index in [2.05, 4.69) is 37.4 Å². The van der Waals surface area contributed by atoms with E-state index in [0.29, 0.717) is 0 Å². The molecule has 12 heavy (non-hydrogen) atoms. The van der Waals surface area contributed by atoms with Crippen LogP contribution in [0.4, 0.5) is 0 Å². The monoisotopic (exact) mass is 164 g/mol. The molecule has 0 aliphatic rings. The maximum absolute atomic E-state index is 4.11. The van der Waals surface area contributed by atoms with Crippen LogP contribution in [0.15, 0.2) is 0 Å². The zero-order valence-electron chi connectivity index (χ0n) is 8.45. The van der Waals surface area contributed by atoms with Gasteiger partial charge in [-0.25, -0.2) is 0 Å². The summed E-state index contributed by atoms with van der Waals surface area (Å²) in [6, 6.07) is 0. The number of nitrogens with zero attached hydrogens (tertiary/aromatic N) is 1. The number of nitrogens with one attached hydrogen (secondary N) is 1. The molecule has 0 atom stereocenters. The van der Waals surface area contributed by atoms with E-state index in [1.165, 1.54) is 0 Å². The molecule has 0 aliphatic heterocycles. The summed E-state index contributed by atoms with van der Waals surface area (Å²) in [5.74, 6) is 0. The van der Waals surface area contributed by atoms with Gasteiger partial charge in [-0.2, -0.15) is 5.10 Å². The predicted molar refractivity (Wildman–Crippen MR) is 49.9 cm³/mol. The summed E-state index contributed by atoms with van der Waals surface area (Å²) in [7, 11) is 0. The van der Waals surface area contributed by atoms with Crippen LogP contribution >= 0.6 is 0 Å². The highest BCUT2D eigenvalue weighted by atomic mass is 15.1. The second kappa shape index (κ2) is 2.92. The van der Waals surface area contributed by atoms with Gasteiger partial charge in [-0.15, -0.1) is 0 Å². The average molecular weight is 164 g/mol. The Balaban J connectivity index is 2.88. The van der Waals surface area contributed by atoms with Crippen LogP contribution in [-0.2, 0) is 0 Å². The number of hydrogen-bond donors (Lipinski definition) is 1. The maximum Gasteiger partial charge on any atom is 0.0632 e. The highest BCUT2D eigenvalue weighted by molar-refractivity contribution is 5.32. The third-order valence-electron chi connectivity index (χ3n) is 1.63. The zero-order chi connectivity index (χ0) is 9.35. The van der Waals surface area contributed by atoms with Crippen LogP contribution in [0.1, 0.15) is 37.7 Å². The number of aromatic amines is 1. The van der Waals surface area contributed by atoms with E-state index in [4.69, 9.17) is 0 Å². The fourth-order valence-electron chi connectivity index (χ4n) is 1.11. The molecule has 1 N–H and O–H groups in total. The lowest BCUT2D eigenvalue weighted by atomic mass is 9.87. The molecule has 0 amide bonds. The SMILES string of the molecule is Cc1n[nH]c(C)c1[C]C(C)(C)C. The number of rotatable bonds is 1. The first kappa shape index (κ1) is 9.30. The van der Waals surface area contributed by atoms with Gasteiger partial charge in [0, 0.05) is 17.7 Å². The minimum atomic E-state index is 0.0966. The van der Waals surface area contributed by atoms with Gasteiger partial charge in [-0.05, 0) is 19.3 Å². The van der Waals surface area contributed by atoms with Crippen molar-refractivity contribution in [3.8, 4) is 0 Å². The van der Waals surface area contributed by atoms with Crippen molar-refractivity contribution in [2.24, 2.45) is 5.41 Å². The molecule has 0 unspecified atom stereocenters. The van der Waals surface area contributed by atoms with Crippen molar-refractivity contribution in [3.63, 3.8) is 0 Å². The summed E-state index contributed by atoms with van der Waals surface area (Å²) in [6.45, 7) is 10.4. The van der Waals surface area contributed by atoms with E-state index in [9.17, 15) is 0 Å². The molecule has 1 heterocycles. The highest BCUT2D eigenvalue weighted by Crippen LogP contribution is 2.25. The van der Waals surface area contributed by atoms with Crippen LogP contribution in [0.25, 0.3) is 0 Å². The van der Waals surface area contributed by atoms with Gasteiger partial charge in [-0.1, -0.05) is 20.8 Å². The molecule has 0 saturated carbocycles. The third-order valence-corrected chi connectivity index (χ3v) is 1.63. The van der Waals surface area contributed by atoms with Crippen LogP contribution < -0.4 is 0 Å². The molecule has 1 aromatic heterocycles. The van der Waals surface area contributed by atoms with Crippen molar-refractivity contribution >= 4 is 0 Å². The Morgan fingerprint density at radius 3 is 2.17 bits per heavy atom. The Bertz CT molecular complexity index is 246. The van der Waals surface area contributed by atoms with Gasteiger partial charge in [0.2, 0.25) is 0 Å². The molecule has 2 radical (unpaired) electrons. The Hall–Kier alpha value is -0.790. The maximum atomic E-state index is 4.11. The summed E-state index contributed by atoms with van der Waals surface area (Å²) in [5, 5.41) is 7.06. The van der Waals surface area contributed by atoms with Crippen molar-refractivity contribution in [1.82, 2.24) is 10.2 Å². The average Bonchev–Trinajstić information content (AvgIpc) is 2.16. The molecule has 2 nitrogen and oxygen atoms in total. The number of aryl methyl sites for hydroxylation is 2. The van der Waals surface area contributed by atoms with Gasteiger partial charge >= 0.3 is 0 Å². The van der Waals surface area contributed by atoms with Crippen molar-refractivity contribution in [3.05, 3.63) is 23.4 Å². The quantitative estimate of drug-likeness (QED) is 0.678. The molecule has 0 saturated heterocycles. The molecule has 0 aromatic carbocycles. The van der Waals surface area contributed by atoms with Crippen molar-refractivity contribution in [2.75, 3.05) is 0 Å². The van der Waals surface area contributed by atoms with Gasteiger partial charge in [0.1, 0.15) is 0 Å². The highest BCUT2D eigenvalue weighted by Gasteiger charge is 2.17. The van der Waals surface area contributed by atoms with Crippen molar-refractivity contribution in [1.29, 1.82) is 0 Å². The van der Waals surface area contributed by atoms with Gasteiger partial charge in [0.05, 0.1) is 5.69 Å². The zero-order valence-corrected chi connectivity index (χ0v) is 8.45. The minimum Gasteiger partial charge on any atom is -0.282 e. The molecule has 2 heteroatoms. The lowest BCUT2D eigenvalue weighted by Gasteiger charge is -2.16. The Labute approximate surface area is 74.4 Å². The minimum absolute atomic E-state index is 0.0966. The Morgan fingerprint density at radius 1 is 1.25 bits per heavy atom. The van der Waals surface area contributed by atoms with Crippen molar-refractivity contribution in [2.45, 2.75) is 34.6 Å². The standard InChI is InChI=1S/C10H16N2/c1-7-9(6-10(3,4)5)8(2)12-11-7/h1-5H3,(H,11,12). The largest absolute Gasteiger partial charge is 0.282 e. The topological polar surface area (TPSA) is 28.7 Å². The van der Waals surface area contributed by atoms with E-state index in [1.54, 1.807) is 0 Å². The van der Waals surface area contributed by atoms with E-state index >= 15 is 0 Å². The molecule has 0 aliphatic carbocycles. The normalized spacial score (nSPS) is 12.1. The van der Waals surface area contributed by atoms with E-state index in [-0.39, 0.29) is 5.41 Å². The van der Waals surface area contributed by atoms with E-state index in [0.717, 1.165) is 17.0 Å². The molecule has 0 fully saturated rings. The first-order chi connectivity index (χ1) is 5.40. The second-order valence-electron chi connectivity index (χ2n) is 4.18. The first-order valence-electron chi connectivity index (χ1n) is 4.20. The van der Waals surface area contributed by atoms with Gasteiger partial charge in [0.15, 0.2) is 0 Å². The van der Waals surface area contributed by atoms with Crippen LogP contribution in [-0.4, -0.2) is 10.2 Å². The van der Waals surface area contributed by atoms with Crippen LogP contribution in [0, 0.1) is 25.7 Å². The summed E-state index contributed by atoms with van der Waals surface area (Å²) < 4.78 is 0. The number of hydrogen-bond acceptors (Lipinski definition) is 1. The van der Waals surface area contributed by atoms with Crippen LogP contribution in [0.5, 0.6) is 0 Å². The molecule has 66 valence electrons. The Kier molecular flexibility index (Phi) is 2.27. The van der Waals surface area contributed by atoms with Crippen molar-refractivity contribution < 1.29 is 0 Å². The summed E-state index contributed by atoms with van der Waals surface area (Å²) in [4.78, 5) is 0. The molecule has 0 bridgehead atoms. The lowest BCUT2D eigenvalue weighted by molar-refractivity contribution is 0.504. The molecular formula is C10H16N2. The second-order valence-corrected chi connectivity index (χ2v) is 4.18.